The molecule has 16 heavy (non-hydrogen) atoms. The second kappa shape index (κ2) is 4.95. The number of hydrogen-bond donors (Lipinski definition) is 1. The van der Waals surface area contributed by atoms with Crippen molar-refractivity contribution in [2.75, 3.05) is 19.8 Å². The second-order valence-electron chi connectivity index (χ2n) is 4.20. The summed E-state index contributed by atoms with van der Waals surface area (Å²) in [4.78, 5) is 0. The molecule has 0 spiro atoms. The number of hydrogen-bond acceptors (Lipinski definition) is 4. The highest BCUT2D eigenvalue weighted by Crippen LogP contribution is 2.21. The Hall–Kier alpha value is -0.910. The molecule has 0 amide bonds. The highest BCUT2D eigenvalue weighted by Gasteiger charge is 2.29. The van der Waals surface area contributed by atoms with Crippen LogP contribution in [0.1, 0.15) is 19.0 Å². The molecule has 90 valence electrons. The summed E-state index contributed by atoms with van der Waals surface area (Å²) in [6, 6.07) is 2.01. The fraction of sp³-hybridized carbons (Fsp3) is 0.727. The first-order valence-corrected chi connectivity index (χ1v) is 5.65. The predicted molar refractivity (Wildman–Crippen MR) is 59.8 cm³/mol. The van der Waals surface area contributed by atoms with Gasteiger partial charge in [-0.2, -0.15) is 5.10 Å². The second-order valence-corrected chi connectivity index (χ2v) is 4.20. The van der Waals surface area contributed by atoms with E-state index in [0.29, 0.717) is 13.2 Å². The van der Waals surface area contributed by atoms with E-state index in [2.05, 4.69) is 10.4 Å². The molecule has 5 heteroatoms. The maximum absolute atomic E-state index is 5.52. The van der Waals surface area contributed by atoms with Gasteiger partial charge in [-0.15, -0.1) is 0 Å². The van der Waals surface area contributed by atoms with Crippen LogP contribution in [0.2, 0.25) is 0 Å². The SMILES string of the molecule is Cn1nccc1CNCCC1(C)OCCO1. The Morgan fingerprint density at radius 1 is 1.50 bits per heavy atom. The van der Waals surface area contributed by atoms with Crippen molar-refractivity contribution in [2.24, 2.45) is 7.05 Å². The molecule has 5 nitrogen and oxygen atoms in total. The van der Waals surface area contributed by atoms with Crippen molar-refractivity contribution >= 4 is 0 Å². The van der Waals surface area contributed by atoms with E-state index in [4.69, 9.17) is 9.47 Å². The molecule has 1 aromatic heterocycles. The molecule has 0 aliphatic carbocycles. The quantitative estimate of drug-likeness (QED) is 0.748. The van der Waals surface area contributed by atoms with Crippen molar-refractivity contribution in [3.8, 4) is 0 Å². The van der Waals surface area contributed by atoms with E-state index in [-0.39, 0.29) is 5.79 Å². The molecule has 1 aliphatic rings. The minimum Gasteiger partial charge on any atom is -0.348 e. The van der Waals surface area contributed by atoms with Crippen LogP contribution in [0, 0.1) is 0 Å². The van der Waals surface area contributed by atoms with Crippen LogP contribution in [0.3, 0.4) is 0 Å². The zero-order valence-electron chi connectivity index (χ0n) is 9.90. The molecule has 0 aromatic carbocycles. The summed E-state index contributed by atoms with van der Waals surface area (Å²) in [7, 11) is 1.95. The first-order valence-electron chi connectivity index (χ1n) is 5.65. The molecular formula is C11H19N3O2. The highest BCUT2D eigenvalue weighted by atomic mass is 16.7. The van der Waals surface area contributed by atoms with E-state index >= 15 is 0 Å². The molecule has 1 saturated heterocycles. The monoisotopic (exact) mass is 225 g/mol. The van der Waals surface area contributed by atoms with Gasteiger partial charge >= 0.3 is 0 Å². The van der Waals surface area contributed by atoms with Gasteiger partial charge in [-0.1, -0.05) is 0 Å². The first-order chi connectivity index (χ1) is 7.70. The largest absolute Gasteiger partial charge is 0.348 e. The predicted octanol–water partition coefficient (Wildman–Crippen LogP) is 0.663. The molecule has 0 unspecified atom stereocenters. The van der Waals surface area contributed by atoms with Crippen molar-refractivity contribution < 1.29 is 9.47 Å². The van der Waals surface area contributed by atoms with Gasteiger partial charge in [0.05, 0.1) is 18.9 Å². The Morgan fingerprint density at radius 3 is 2.88 bits per heavy atom. The topological polar surface area (TPSA) is 48.3 Å². The van der Waals surface area contributed by atoms with Gasteiger partial charge in [-0.05, 0) is 13.0 Å². The standard InChI is InChI=1S/C11H19N3O2/c1-11(15-7-8-16-11)4-6-12-9-10-3-5-13-14(10)2/h3,5,12H,4,6-9H2,1-2H3. The Bertz CT molecular complexity index is 332. The van der Waals surface area contributed by atoms with E-state index in [9.17, 15) is 0 Å². The summed E-state index contributed by atoms with van der Waals surface area (Å²) in [5.41, 5.74) is 1.18. The van der Waals surface area contributed by atoms with Gasteiger partial charge in [0.15, 0.2) is 5.79 Å². The lowest BCUT2D eigenvalue weighted by atomic mass is 10.2. The Labute approximate surface area is 95.7 Å². The van der Waals surface area contributed by atoms with E-state index in [0.717, 1.165) is 19.5 Å². The van der Waals surface area contributed by atoms with Crippen LogP contribution >= 0.6 is 0 Å². The molecule has 1 fully saturated rings. The zero-order valence-corrected chi connectivity index (χ0v) is 9.90. The molecule has 0 radical (unpaired) electrons. The Kier molecular flexibility index (Phi) is 3.58. The summed E-state index contributed by atoms with van der Waals surface area (Å²) < 4.78 is 12.9. The number of nitrogens with zero attached hydrogens (tertiary/aromatic N) is 2. The van der Waals surface area contributed by atoms with Crippen LogP contribution in [0.25, 0.3) is 0 Å². The minimum absolute atomic E-state index is 0.389. The van der Waals surface area contributed by atoms with Crippen LogP contribution in [0.15, 0.2) is 12.3 Å². The average Bonchev–Trinajstić information content (AvgIpc) is 2.84. The van der Waals surface area contributed by atoms with Gasteiger partial charge < -0.3 is 14.8 Å². The van der Waals surface area contributed by atoms with E-state index in [1.165, 1.54) is 5.69 Å². The third-order valence-corrected chi connectivity index (χ3v) is 2.88. The van der Waals surface area contributed by atoms with Crippen molar-refractivity contribution in [1.29, 1.82) is 0 Å². The van der Waals surface area contributed by atoms with Gasteiger partial charge in [0.25, 0.3) is 0 Å². The van der Waals surface area contributed by atoms with E-state index < -0.39 is 0 Å². The zero-order chi connectivity index (χ0) is 11.4. The smallest absolute Gasteiger partial charge is 0.166 e. The summed E-state index contributed by atoms with van der Waals surface area (Å²) in [5, 5.41) is 7.47. The molecule has 2 rings (SSSR count). The number of nitrogens with one attached hydrogen (secondary N) is 1. The lowest BCUT2D eigenvalue weighted by molar-refractivity contribution is -0.145. The third kappa shape index (κ3) is 2.81. The van der Waals surface area contributed by atoms with E-state index in [1.807, 2.05) is 30.9 Å². The molecule has 1 aromatic rings. The van der Waals surface area contributed by atoms with Gasteiger partial charge in [0.2, 0.25) is 0 Å². The molecule has 0 atom stereocenters. The van der Waals surface area contributed by atoms with Crippen molar-refractivity contribution in [2.45, 2.75) is 25.7 Å². The number of rotatable bonds is 5. The number of aromatic nitrogens is 2. The van der Waals surface area contributed by atoms with Gasteiger partial charge in [0.1, 0.15) is 0 Å². The fourth-order valence-corrected chi connectivity index (χ4v) is 1.81. The molecule has 2 heterocycles. The fourth-order valence-electron chi connectivity index (χ4n) is 1.81. The van der Waals surface area contributed by atoms with Crippen molar-refractivity contribution in [3.05, 3.63) is 18.0 Å². The van der Waals surface area contributed by atoms with Crippen LogP contribution in [0.5, 0.6) is 0 Å². The summed E-state index contributed by atoms with van der Waals surface area (Å²) >= 11 is 0. The van der Waals surface area contributed by atoms with Crippen LogP contribution in [-0.2, 0) is 23.1 Å². The van der Waals surface area contributed by atoms with Gasteiger partial charge in [0, 0.05) is 32.8 Å². The average molecular weight is 225 g/mol. The summed E-state index contributed by atoms with van der Waals surface area (Å²) in [6.07, 6.45) is 2.67. The molecule has 0 saturated carbocycles. The lowest BCUT2D eigenvalue weighted by Gasteiger charge is -2.22. The maximum Gasteiger partial charge on any atom is 0.166 e. The first kappa shape index (κ1) is 11.6. The van der Waals surface area contributed by atoms with Crippen molar-refractivity contribution in [3.63, 3.8) is 0 Å². The Morgan fingerprint density at radius 2 is 2.25 bits per heavy atom. The minimum atomic E-state index is -0.389. The molecule has 1 N–H and O–H groups in total. The molecule has 0 bridgehead atoms. The van der Waals surface area contributed by atoms with Gasteiger partial charge in [-0.3, -0.25) is 4.68 Å². The van der Waals surface area contributed by atoms with Crippen LogP contribution in [0.4, 0.5) is 0 Å². The van der Waals surface area contributed by atoms with Crippen molar-refractivity contribution in [1.82, 2.24) is 15.1 Å². The lowest BCUT2D eigenvalue weighted by Crippen LogP contribution is -2.31. The number of ether oxygens (including phenoxy) is 2. The van der Waals surface area contributed by atoms with Gasteiger partial charge in [-0.25, -0.2) is 0 Å². The van der Waals surface area contributed by atoms with Crippen LogP contribution in [-0.4, -0.2) is 35.3 Å². The summed E-state index contributed by atoms with van der Waals surface area (Å²) in [5.74, 6) is -0.389. The Balaban J connectivity index is 1.67. The van der Waals surface area contributed by atoms with E-state index in [1.54, 1.807) is 0 Å². The van der Waals surface area contributed by atoms with Crippen LogP contribution < -0.4 is 5.32 Å². The molecular weight excluding hydrogens is 206 g/mol. The third-order valence-electron chi connectivity index (χ3n) is 2.88. The number of aryl methyl sites for hydroxylation is 1. The summed E-state index contributed by atoms with van der Waals surface area (Å²) in [6.45, 7) is 5.11. The maximum atomic E-state index is 5.52. The molecule has 1 aliphatic heterocycles. The highest BCUT2D eigenvalue weighted by molar-refractivity contribution is 4.99. The normalized spacial score (nSPS) is 19.1.